The summed E-state index contributed by atoms with van der Waals surface area (Å²) >= 11 is 1.69. The normalized spacial score (nSPS) is 13.7. The predicted octanol–water partition coefficient (Wildman–Crippen LogP) is 3.49. The summed E-state index contributed by atoms with van der Waals surface area (Å²) in [6.45, 7) is 0.767. The van der Waals surface area contributed by atoms with Crippen molar-refractivity contribution in [2.75, 3.05) is 4.90 Å². The fourth-order valence-electron chi connectivity index (χ4n) is 2.38. The lowest BCUT2D eigenvalue weighted by molar-refractivity contribution is 0.0697. The number of rotatable bonds is 5. The average Bonchev–Trinajstić information content (AvgIpc) is 3.21. The number of nitriles is 1. The van der Waals surface area contributed by atoms with E-state index in [1.54, 1.807) is 23.5 Å². The third-order valence-corrected chi connectivity index (χ3v) is 4.43. The Kier molecular flexibility index (Phi) is 3.63. The standard InChI is InChI=1S/C16H14N2O2S/c17-9-12-8-11(16(19)20)3-6-15(12)18(13-4-5-13)10-14-2-1-7-21-14/h1-3,6-8,13H,4-5,10H2,(H,19,20). The second-order valence-electron chi connectivity index (χ2n) is 5.09. The van der Waals surface area contributed by atoms with Crippen LogP contribution in [0, 0.1) is 11.3 Å². The second kappa shape index (κ2) is 5.58. The van der Waals surface area contributed by atoms with Gasteiger partial charge in [0.1, 0.15) is 6.07 Å². The minimum atomic E-state index is -1.01. The van der Waals surface area contributed by atoms with Crippen molar-refractivity contribution in [3.05, 3.63) is 51.7 Å². The Bertz CT molecular complexity index is 700. The smallest absolute Gasteiger partial charge is 0.335 e. The van der Waals surface area contributed by atoms with E-state index in [2.05, 4.69) is 17.0 Å². The van der Waals surface area contributed by atoms with Crippen LogP contribution in [0.3, 0.4) is 0 Å². The van der Waals surface area contributed by atoms with Gasteiger partial charge in [-0.1, -0.05) is 6.07 Å². The maximum absolute atomic E-state index is 11.0. The van der Waals surface area contributed by atoms with Gasteiger partial charge in [0.05, 0.1) is 23.4 Å². The Morgan fingerprint density at radius 2 is 2.24 bits per heavy atom. The lowest BCUT2D eigenvalue weighted by Crippen LogP contribution is -2.25. The van der Waals surface area contributed by atoms with Crippen molar-refractivity contribution in [2.45, 2.75) is 25.4 Å². The van der Waals surface area contributed by atoms with Crippen LogP contribution >= 0.6 is 11.3 Å². The highest BCUT2D eigenvalue weighted by Gasteiger charge is 2.31. The van der Waals surface area contributed by atoms with Gasteiger partial charge >= 0.3 is 5.97 Å². The fourth-order valence-corrected chi connectivity index (χ4v) is 3.08. The molecule has 1 aliphatic carbocycles. The van der Waals surface area contributed by atoms with Gasteiger partial charge in [0, 0.05) is 10.9 Å². The number of hydrogen-bond acceptors (Lipinski definition) is 4. The minimum absolute atomic E-state index is 0.155. The number of carboxylic acids is 1. The molecule has 4 nitrogen and oxygen atoms in total. The molecule has 1 aromatic carbocycles. The van der Waals surface area contributed by atoms with Gasteiger partial charge in [-0.3, -0.25) is 0 Å². The number of aromatic carboxylic acids is 1. The van der Waals surface area contributed by atoms with Gasteiger partial charge in [-0.2, -0.15) is 5.26 Å². The summed E-state index contributed by atoms with van der Waals surface area (Å²) in [5.74, 6) is -1.01. The van der Waals surface area contributed by atoms with Gasteiger partial charge in [-0.05, 0) is 42.5 Å². The van der Waals surface area contributed by atoms with E-state index in [4.69, 9.17) is 5.11 Å². The largest absolute Gasteiger partial charge is 0.478 e. The van der Waals surface area contributed by atoms with Crippen molar-refractivity contribution in [1.82, 2.24) is 0 Å². The monoisotopic (exact) mass is 298 g/mol. The molecule has 1 aliphatic rings. The number of hydrogen-bond donors (Lipinski definition) is 1. The van der Waals surface area contributed by atoms with E-state index in [1.807, 2.05) is 11.4 Å². The second-order valence-corrected chi connectivity index (χ2v) is 6.12. The molecule has 1 aromatic heterocycles. The summed E-state index contributed by atoms with van der Waals surface area (Å²) in [5.41, 5.74) is 1.42. The van der Waals surface area contributed by atoms with E-state index in [-0.39, 0.29) is 5.56 Å². The molecule has 1 N–H and O–H groups in total. The molecule has 1 heterocycles. The van der Waals surface area contributed by atoms with E-state index in [9.17, 15) is 10.1 Å². The van der Waals surface area contributed by atoms with Gasteiger partial charge in [0.2, 0.25) is 0 Å². The molecule has 2 aromatic rings. The average molecular weight is 298 g/mol. The van der Waals surface area contributed by atoms with E-state index in [1.165, 1.54) is 10.9 Å². The predicted molar refractivity (Wildman–Crippen MR) is 81.6 cm³/mol. The van der Waals surface area contributed by atoms with E-state index >= 15 is 0 Å². The summed E-state index contributed by atoms with van der Waals surface area (Å²) in [7, 11) is 0. The Labute approximate surface area is 126 Å². The van der Waals surface area contributed by atoms with E-state index in [0.717, 1.165) is 25.1 Å². The Balaban J connectivity index is 1.95. The first kappa shape index (κ1) is 13.7. The molecule has 0 unspecified atom stereocenters. The van der Waals surface area contributed by atoms with Crippen LogP contribution in [0.5, 0.6) is 0 Å². The molecule has 0 saturated heterocycles. The summed E-state index contributed by atoms with van der Waals surface area (Å²) < 4.78 is 0. The molecular weight excluding hydrogens is 284 g/mol. The molecule has 21 heavy (non-hydrogen) atoms. The third-order valence-electron chi connectivity index (χ3n) is 3.57. The van der Waals surface area contributed by atoms with E-state index < -0.39 is 5.97 Å². The van der Waals surface area contributed by atoms with Crippen LogP contribution in [0.4, 0.5) is 5.69 Å². The van der Waals surface area contributed by atoms with Crippen molar-refractivity contribution in [3.63, 3.8) is 0 Å². The maximum Gasteiger partial charge on any atom is 0.335 e. The van der Waals surface area contributed by atoms with Crippen LogP contribution in [0.15, 0.2) is 35.7 Å². The molecule has 1 saturated carbocycles. The molecule has 1 fully saturated rings. The number of nitrogens with zero attached hydrogens (tertiary/aromatic N) is 2. The summed E-state index contributed by atoms with van der Waals surface area (Å²) in [6.07, 6.45) is 2.24. The third kappa shape index (κ3) is 2.91. The Hall–Kier alpha value is -2.32. The first-order chi connectivity index (χ1) is 10.2. The highest BCUT2D eigenvalue weighted by atomic mass is 32.1. The fraction of sp³-hybridized carbons (Fsp3) is 0.250. The first-order valence-corrected chi connectivity index (χ1v) is 7.63. The molecule has 0 bridgehead atoms. The maximum atomic E-state index is 11.0. The zero-order valence-corrected chi connectivity index (χ0v) is 12.1. The lowest BCUT2D eigenvalue weighted by Gasteiger charge is -2.25. The van der Waals surface area contributed by atoms with Crippen molar-refractivity contribution in [2.24, 2.45) is 0 Å². The van der Waals surface area contributed by atoms with Gasteiger partial charge in [-0.15, -0.1) is 11.3 Å². The van der Waals surface area contributed by atoms with Gasteiger partial charge in [0.25, 0.3) is 0 Å². The number of carbonyl (C=O) groups is 1. The van der Waals surface area contributed by atoms with E-state index in [0.29, 0.717) is 11.6 Å². The van der Waals surface area contributed by atoms with Crippen LogP contribution < -0.4 is 4.90 Å². The quantitative estimate of drug-likeness (QED) is 0.917. The highest BCUT2D eigenvalue weighted by molar-refractivity contribution is 7.09. The van der Waals surface area contributed by atoms with Crippen LogP contribution in [0.1, 0.15) is 33.6 Å². The van der Waals surface area contributed by atoms with Crippen LogP contribution in [0.25, 0.3) is 0 Å². The van der Waals surface area contributed by atoms with Gasteiger partial charge < -0.3 is 10.0 Å². The lowest BCUT2D eigenvalue weighted by atomic mass is 10.1. The zero-order chi connectivity index (χ0) is 14.8. The molecule has 0 radical (unpaired) electrons. The SMILES string of the molecule is N#Cc1cc(C(=O)O)ccc1N(Cc1cccs1)C1CC1. The minimum Gasteiger partial charge on any atom is -0.478 e. The molecule has 0 amide bonds. The van der Waals surface area contributed by atoms with Crippen LogP contribution in [0.2, 0.25) is 0 Å². The van der Waals surface area contributed by atoms with Crippen molar-refractivity contribution in [1.29, 1.82) is 5.26 Å². The summed E-state index contributed by atoms with van der Waals surface area (Å²) in [5, 5.41) is 20.4. The number of thiophene rings is 1. The Morgan fingerprint density at radius 1 is 1.43 bits per heavy atom. The number of carboxylic acid groups (broad SMARTS) is 1. The zero-order valence-electron chi connectivity index (χ0n) is 11.3. The number of anilines is 1. The van der Waals surface area contributed by atoms with Crippen molar-refractivity contribution >= 4 is 23.0 Å². The molecule has 0 aliphatic heterocycles. The molecular formula is C16H14N2O2S. The molecule has 5 heteroatoms. The van der Waals surface area contributed by atoms with Crippen LogP contribution in [-0.4, -0.2) is 17.1 Å². The highest BCUT2D eigenvalue weighted by Crippen LogP contribution is 2.35. The number of benzene rings is 1. The topological polar surface area (TPSA) is 64.3 Å². The molecule has 3 rings (SSSR count). The first-order valence-electron chi connectivity index (χ1n) is 6.75. The van der Waals surface area contributed by atoms with Crippen molar-refractivity contribution in [3.8, 4) is 6.07 Å². The Morgan fingerprint density at radius 3 is 2.81 bits per heavy atom. The molecule has 0 spiro atoms. The summed E-state index contributed by atoms with van der Waals surface area (Å²) in [6, 6.07) is 11.5. The van der Waals surface area contributed by atoms with Gasteiger partial charge in [-0.25, -0.2) is 4.79 Å². The molecule has 106 valence electrons. The molecule has 0 atom stereocenters. The van der Waals surface area contributed by atoms with Crippen LogP contribution in [-0.2, 0) is 6.54 Å². The summed E-state index contributed by atoms with van der Waals surface area (Å²) in [4.78, 5) is 14.5. The van der Waals surface area contributed by atoms with Gasteiger partial charge in [0.15, 0.2) is 0 Å². The van der Waals surface area contributed by atoms with Crippen molar-refractivity contribution < 1.29 is 9.90 Å².